The molecule has 2 nitrogen and oxygen atoms in total. The first-order valence-corrected chi connectivity index (χ1v) is 10.2. The maximum absolute atomic E-state index is 12.7. The lowest BCUT2D eigenvalue weighted by Gasteiger charge is -2.34. The summed E-state index contributed by atoms with van der Waals surface area (Å²) in [5.74, 6) is -0.447. The molecule has 0 spiro atoms. The van der Waals surface area contributed by atoms with E-state index in [1.165, 1.54) is 12.1 Å². The van der Waals surface area contributed by atoms with Crippen molar-refractivity contribution >= 4 is 40.5 Å². The number of benzene rings is 3. The molecule has 8 heteroatoms. The second-order valence-corrected chi connectivity index (χ2v) is 8.28. The normalized spacial score (nSPS) is 18.5. The molecule has 0 saturated carbocycles. The van der Waals surface area contributed by atoms with Crippen molar-refractivity contribution in [1.82, 2.24) is 0 Å². The zero-order chi connectivity index (χ0) is 21.5. The van der Waals surface area contributed by atoms with Gasteiger partial charge in [0.25, 0.3) is 0 Å². The van der Waals surface area contributed by atoms with Crippen LogP contribution >= 0.6 is 34.8 Å². The zero-order valence-corrected chi connectivity index (χ0v) is 17.6. The van der Waals surface area contributed by atoms with Crippen LogP contribution < -0.4 is 10.1 Å². The summed E-state index contributed by atoms with van der Waals surface area (Å²) in [5, 5.41) is 5.02. The monoisotopic (exact) mass is 471 g/mol. The van der Waals surface area contributed by atoms with Gasteiger partial charge < -0.3 is 10.1 Å². The van der Waals surface area contributed by atoms with Gasteiger partial charge in [-0.1, -0.05) is 53.0 Å². The van der Waals surface area contributed by atoms with Crippen molar-refractivity contribution in [3.8, 4) is 5.75 Å². The van der Waals surface area contributed by atoms with Crippen molar-refractivity contribution in [2.45, 2.75) is 24.7 Å². The Kier molecular flexibility index (Phi) is 5.80. The van der Waals surface area contributed by atoms with Gasteiger partial charge in [0.1, 0.15) is 5.75 Å². The number of ether oxygens (including phenoxy) is 1. The van der Waals surface area contributed by atoms with E-state index in [4.69, 9.17) is 34.8 Å². The highest BCUT2D eigenvalue weighted by Gasteiger charge is 2.34. The first kappa shape index (κ1) is 21.2. The molecular weight excluding hydrogens is 458 g/mol. The van der Waals surface area contributed by atoms with Crippen LogP contribution in [0.2, 0.25) is 15.1 Å². The summed E-state index contributed by atoms with van der Waals surface area (Å²) < 4.78 is 42.3. The average molecular weight is 473 g/mol. The van der Waals surface area contributed by atoms with Gasteiger partial charge in [0, 0.05) is 26.7 Å². The number of alkyl halides is 3. The van der Waals surface area contributed by atoms with Crippen molar-refractivity contribution in [2.75, 3.05) is 5.32 Å². The molecule has 156 valence electrons. The summed E-state index contributed by atoms with van der Waals surface area (Å²) >= 11 is 18.5. The van der Waals surface area contributed by atoms with E-state index in [1.807, 2.05) is 18.2 Å². The Balaban J connectivity index is 1.77. The Bertz CT molecular complexity index is 1070. The standard InChI is InChI=1S/C22H15Cl3F3NO/c23-13-3-1-12(2-4-13)17-11-21(16-7-5-14(24)9-19(16)25)29-20-8-6-15(10-18(17)20)30-22(26,27)28/h1-10,17,21,29H,11H2. The van der Waals surface area contributed by atoms with Crippen LogP contribution in [0.15, 0.2) is 60.7 Å². The van der Waals surface area contributed by atoms with Crippen LogP contribution in [0.4, 0.5) is 18.9 Å². The highest BCUT2D eigenvalue weighted by atomic mass is 35.5. The van der Waals surface area contributed by atoms with E-state index in [2.05, 4.69) is 10.1 Å². The number of fused-ring (bicyclic) bond motifs is 1. The van der Waals surface area contributed by atoms with E-state index in [0.29, 0.717) is 32.7 Å². The number of anilines is 1. The average Bonchev–Trinajstić information content (AvgIpc) is 2.67. The number of nitrogens with one attached hydrogen (secondary N) is 1. The summed E-state index contributed by atoms with van der Waals surface area (Å²) in [5.41, 5.74) is 3.22. The van der Waals surface area contributed by atoms with Gasteiger partial charge in [0.15, 0.2) is 0 Å². The smallest absolute Gasteiger partial charge is 0.406 e. The van der Waals surface area contributed by atoms with Gasteiger partial charge in [-0.2, -0.15) is 0 Å². The molecule has 0 aliphatic carbocycles. The fourth-order valence-electron chi connectivity index (χ4n) is 3.77. The van der Waals surface area contributed by atoms with Crippen LogP contribution in [0, 0.1) is 0 Å². The first-order valence-electron chi connectivity index (χ1n) is 9.06. The third-order valence-electron chi connectivity index (χ3n) is 5.04. The summed E-state index contributed by atoms with van der Waals surface area (Å²) in [7, 11) is 0. The van der Waals surface area contributed by atoms with E-state index in [-0.39, 0.29) is 17.7 Å². The van der Waals surface area contributed by atoms with E-state index < -0.39 is 6.36 Å². The fraction of sp³-hybridized carbons (Fsp3) is 0.182. The number of hydrogen-bond acceptors (Lipinski definition) is 2. The molecule has 3 aromatic carbocycles. The molecule has 30 heavy (non-hydrogen) atoms. The molecular formula is C22H15Cl3F3NO. The molecule has 3 aromatic rings. The lowest BCUT2D eigenvalue weighted by molar-refractivity contribution is -0.274. The van der Waals surface area contributed by atoms with Crippen molar-refractivity contribution < 1.29 is 17.9 Å². The minimum Gasteiger partial charge on any atom is -0.406 e. The highest BCUT2D eigenvalue weighted by Crippen LogP contribution is 2.46. The summed E-state index contributed by atoms with van der Waals surface area (Å²) in [6.07, 6.45) is -4.18. The summed E-state index contributed by atoms with van der Waals surface area (Å²) in [4.78, 5) is 0. The predicted molar refractivity (Wildman–Crippen MR) is 114 cm³/mol. The second kappa shape index (κ2) is 8.22. The highest BCUT2D eigenvalue weighted by molar-refractivity contribution is 6.35. The molecule has 2 atom stereocenters. The van der Waals surface area contributed by atoms with E-state index in [0.717, 1.165) is 11.1 Å². The number of rotatable bonds is 3. The molecule has 1 aliphatic heterocycles. The predicted octanol–water partition coefficient (Wildman–Crippen LogP) is 8.23. The molecule has 0 bridgehead atoms. The van der Waals surface area contributed by atoms with Crippen molar-refractivity contribution in [1.29, 1.82) is 0 Å². The van der Waals surface area contributed by atoms with Crippen LogP contribution in [0.1, 0.15) is 35.1 Å². The van der Waals surface area contributed by atoms with Gasteiger partial charge >= 0.3 is 6.36 Å². The van der Waals surface area contributed by atoms with Gasteiger partial charge in [-0.3, -0.25) is 0 Å². The van der Waals surface area contributed by atoms with E-state index >= 15 is 0 Å². The van der Waals surface area contributed by atoms with Crippen molar-refractivity contribution in [3.63, 3.8) is 0 Å². The molecule has 0 radical (unpaired) electrons. The molecule has 2 unspecified atom stereocenters. The van der Waals surface area contributed by atoms with Crippen LogP contribution in [-0.2, 0) is 0 Å². The van der Waals surface area contributed by atoms with Gasteiger partial charge in [0.05, 0.1) is 6.04 Å². The van der Waals surface area contributed by atoms with Crippen molar-refractivity contribution in [3.05, 3.63) is 92.4 Å². The summed E-state index contributed by atoms with van der Waals surface area (Å²) in [6.45, 7) is 0. The van der Waals surface area contributed by atoms with Crippen LogP contribution in [0.25, 0.3) is 0 Å². The van der Waals surface area contributed by atoms with Crippen molar-refractivity contribution in [2.24, 2.45) is 0 Å². The number of hydrogen-bond donors (Lipinski definition) is 1. The quantitative estimate of drug-likeness (QED) is 0.414. The summed E-state index contributed by atoms with van der Waals surface area (Å²) in [6, 6.07) is 16.7. The van der Waals surface area contributed by atoms with Gasteiger partial charge in [0.2, 0.25) is 0 Å². The lowest BCUT2D eigenvalue weighted by atomic mass is 9.80. The Labute approximate surface area is 186 Å². The lowest BCUT2D eigenvalue weighted by Crippen LogP contribution is -2.23. The molecule has 0 amide bonds. The Morgan fingerprint density at radius 2 is 1.53 bits per heavy atom. The largest absolute Gasteiger partial charge is 0.573 e. The third kappa shape index (κ3) is 4.64. The van der Waals surface area contributed by atoms with Gasteiger partial charge in [-0.25, -0.2) is 0 Å². The van der Waals surface area contributed by atoms with Gasteiger partial charge in [-0.05, 0) is 65.6 Å². The fourth-order valence-corrected chi connectivity index (χ4v) is 4.43. The van der Waals surface area contributed by atoms with E-state index in [1.54, 1.807) is 30.3 Å². The van der Waals surface area contributed by atoms with Gasteiger partial charge in [-0.15, -0.1) is 13.2 Å². The minimum atomic E-state index is -4.76. The maximum atomic E-state index is 12.7. The molecule has 1 aliphatic rings. The minimum absolute atomic E-state index is 0.155. The van der Waals surface area contributed by atoms with E-state index in [9.17, 15) is 13.2 Å². The molecule has 1 heterocycles. The molecule has 1 N–H and O–H groups in total. The third-order valence-corrected chi connectivity index (χ3v) is 5.86. The topological polar surface area (TPSA) is 21.3 Å². The second-order valence-electron chi connectivity index (χ2n) is 7.00. The van der Waals surface area contributed by atoms with Crippen LogP contribution in [0.5, 0.6) is 5.75 Å². The van der Waals surface area contributed by atoms with Crippen LogP contribution in [0.3, 0.4) is 0 Å². The SMILES string of the molecule is FC(F)(F)Oc1ccc2c(c1)C(c1ccc(Cl)cc1)CC(c1ccc(Cl)cc1Cl)N2. The molecule has 0 fully saturated rings. The molecule has 4 rings (SSSR count). The zero-order valence-electron chi connectivity index (χ0n) is 15.3. The maximum Gasteiger partial charge on any atom is 0.573 e. The Hall–Kier alpha value is -2.08. The Morgan fingerprint density at radius 3 is 2.20 bits per heavy atom. The molecule has 0 aromatic heterocycles. The molecule has 0 saturated heterocycles. The number of halogens is 6. The van der Waals surface area contributed by atoms with Crippen LogP contribution in [-0.4, -0.2) is 6.36 Å². The Morgan fingerprint density at radius 1 is 0.833 bits per heavy atom. The first-order chi connectivity index (χ1) is 14.2.